The number of methoxy groups -OCH3 is 3. The lowest BCUT2D eigenvalue weighted by Gasteiger charge is -2.17. The van der Waals surface area contributed by atoms with Crippen LogP contribution in [-0.4, -0.2) is 21.3 Å². The van der Waals surface area contributed by atoms with Gasteiger partial charge in [0.15, 0.2) is 11.5 Å². The summed E-state index contributed by atoms with van der Waals surface area (Å²) in [5.74, 6) is 2.42. The molecule has 0 bridgehead atoms. The van der Waals surface area contributed by atoms with Crippen molar-refractivity contribution in [1.82, 2.24) is 0 Å². The molecule has 0 saturated carbocycles. The van der Waals surface area contributed by atoms with Crippen LogP contribution >= 0.6 is 0 Å². The zero-order valence-electron chi connectivity index (χ0n) is 14.9. The van der Waals surface area contributed by atoms with Gasteiger partial charge in [0.05, 0.1) is 21.3 Å². The van der Waals surface area contributed by atoms with Crippen molar-refractivity contribution in [2.45, 2.75) is 0 Å². The van der Waals surface area contributed by atoms with E-state index in [-0.39, 0.29) is 0 Å². The van der Waals surface area contributed by atoms with E-state index in [1.165, 1.54) is 26.9 Å². The third-order valence-corrected chi connectivity index (χ3v) is 5.30. The molecule has 0 aliphatic rings. The summed E-state index contributed by atoms with van der Waals surface area (Å²) < 4.78 is 16.7. The molecule has 0 heterocycles. The number of rotatable bonds is 3. The van der Waals surface area contributed by atoms with Gasteiger partial charge in [-0.2, -0.15) is 0 Å². The molecule has 5 aromatic carbocycles. The van der Waals surface area contributed by atoms with E-state index in [1.807, 2.05) is 12.1 Å². The average molecular weight is 342 g/mol. The Bertz CT molecular complexity index is 1290. The quantitative estimate of drug-likeness (QED) is 0.308. The summed E-state index contributed by atoms with van der Waals surface area (Å²) in [6.07, 6.45) is 0. The first-order valence-electron chi connectivity index (χ1n) is 8.56. The zero-order valence-corrected chi connectivity index (χ0v) is 14.9. The molecule has 3 heteroatoms. The van der Waals surface area contributed by atoms with Gasteiger partial charge in [-0.3, -0.25) is 0 Å². The summed E-state index contributed by atoms with van der Waals surface area (Å²) in [4.78, 5) is 0. The molecule has 0 aliphatic heterocycles. The predicted molar refractivity (Wildman–Crippen MR) is 107 cm³/mol. The van der Waals surface area contributed by atoms with Gasteiger partial charge in [0.1, 0.15) is 5.75 Å². The molecular formula is C23H18O3. The largest absolute Gasteiger partial charge is 0.496 e. The highest BCUT2D eigenvalue weighted by atomic mass is 16.5. The van der Waals surface area contributed by atoms with Crippen molar-refractivity contribution in [2.24, 2.45) is 0 Å². The van der Waals surface area contributed by atoms with Crippen molar-refractivity contribution in [1.29, 1.82) is 0 Å². The van der Waals surface area contributed by atoms with E-state index in [9.17, 15) is 0 Å². The van der Waals surface area contributed by atoms with Crippen molar-refractivity contribution in [3.8, 4) is 17.2 Å². The zero-order chi connectivity index (χ0) is 17.8. The van der Waals surface area contributed by atoms with Gasteiger partial charge in [-0.05, 0) is 57.3 Å². The predicted octanol–water partition coefficient (Wildman–Crippen LogP) is 5.76. The summed E-state index contributed by atoms with van der Waals surface area (Å²) in [5.41, 5.74) is 0. The Morgan fingerprint density at radius 2 is 1.12 bits per heavy atom. The van der Waals surface area contributed by atoms with Crippen LogP contribution in [0.3, 0.4) is 0 Å². The molecule has 5 rings (SSSR count). The smallest absolute Gasteiger partial charge is 0.168 e. The summed E-state index contributed by atoms with van der Waals surface area (Å²) in [7, 11) is 5.08. The van der Waals surface area contributed by atoms with Gasteiger partial charge in [0, 0.05) is 16.2 Å². The van der Waals surface area contributed by atoms with Gasteiger partial charge >= 0.3 is 0 Å². The number of hydrogen-bond acceptors (Lipinski definition) is 3. The fourth-order valence-corrected chi connectivity index (χ4v) is 4.16. The average Bonchev–Trinajstić information content (AvgIpc) is 2.70. The van der Waals surface area contributed by atoms with E-state index < -0.39 is 0 Å². The van der Waals surface area contributed by atoms with Crippen molar-refractivity contribution in [3.05, 3.63) is 54.6 Å². The van der Waals surface area contributed by atoms with E-state index in [2.05, 4.69) is 42.5 Å². The van der Waals surface area contributed by atoms with Gasteiger partial charge in [-0.15, -0.1) is 0 Å². The van der Waals surface area contributed by atoms with Gasteiger partial charge in [0.25, 0.3) is 0 Å². The second kappa shape index (κ2) is 5.40. The molecule has 0 amide bonds. The maximum absolute atomic E-state index is 5.67. The highest BCUT2D eigenvalue weighted by Crippen LogP contribution is 2.44. The Labute approximate surface area is 151 Å². The van der Waals surface area contributed by atoms with Crippen molar-refractivity contribution >= 4 is 43.1 Å². The van der Waals surface area contributed by atoms with Crippen LogP contribution in [0.2, 0.25) is 0 Å². The fourth-order valence-electron chi connectivity index (χ4n) is 4.16. The van der Waals surface area contributed by atoms with Crippen LogP contribution in [0.15, 0.2) is 54.6 Å². The van der Waals surface area contributed by atoms with Crippen molar-refractivity contribution in [3.63, 3.8) is 0 Å². The molecular weight excluding hydrogens is 324 g/mol. The van der Waals surface area contributed by atoms with Gasteiger partial charge in [0.2, 0.25) is 0 Å². The van der Waals surface area contributed by atoms with E-state index in [0.717, 1.165) is 33.4 Å². The lowest BCUT2D eigenvalue weighted by Crippen LogP contribution is -1.93. The first kappa shape index (κ1) is 15.1. The normalized spacial score (nSPS) is 11.7. The van der Waals surface area contributed by atoms with Crippen LogP contribution in [0.5, 0.6) is 17.2 Å². The summed E-state index contributed by atoms with van der Waals surface area (Å²) in [6.45, 7) is 0. The molecule has 26 heavy (non-hydrogen) atoms. The summed E-state index contributed by atoms with van der Waals surface area (Å²) in [6, 6.07) is 19.1. The topological polar surface area (TPSA) is 27.7 Å². The van der Waals surface area contributed by atoms with E-state index >= 15 is 0 Å². The van der Waals surface area contributed by atoms with Crippen LogP contribution in [0, 0.1) is 0 Å². The Hall–Kier alpha value is -3.20. The minimum Gasteiger partial charge on any atom is -0.496 e. The van der Waals surface area contributed by atoms with Crippen LogP contribution in [0.25, 0.3) is 43.1 Å². The highest BCUT2D eigenvalue weighted by Gasteiger charge is 2.16. The molecule has 0 saturated heterocycles. The molecule has 128 valence electrons. The van der Waals surface area contributed by atoms with Crippen molar-refractivity contribution < 1.29 is 14.2 Å². The minimum absolute atomic E-state index is 0.745. The third-order valence-electron chi connectivity index (χ3n) is 5.30. The summed E-state index contributed by atoms with van der Waals surface area (Å²) in [5, 5.41) is 9.49. The second-order valence-corrected chi connectivity index (χ2v) is 6.46. The molecule has 0 radical (unpaired) electrons. The van der Waals surface area contributed by atoms with Crippen LogP contribution in [0.1, 0.15) is 0 Å². The Balaban J connectivity index is 2.05. The lowest BCUT2D eigenvalue weighted by molar-refractivity contribution is 0.358. The maximum atomic E-state index is 5.67. The molecule has 0 aromatic heterocycles. The number of benzene rings is 5. The van der Waals surface area contributed by atoms with Gasteiger partial charge in [-0.1, -0.05) is 24.3 Å². The molecule has 5 aromatic rings. The van der Waals surface area contributed by atoms with E-state index in [4.69, 9.17) is 14.2 Å². The van der Waals surface area contributed by atoms with Crippen LogP contribution < -0.4 is 14.2 Å². The Morgan fingerprint density at radius 1 is 0.500 bits per heavy atom. The van der Waals surface area contributed by atoms with Crippen molar-refractivity contribution in [2.75, 3.05) is 21.3 Å². The van der Waals surface area contributed by atoms with E-state index in [1.54, 1.807) is 21.3 Å². The Morgan fingerprint density at radius 3 is 1.88 bits per heavy atom. The molecule has 0 spiro atoms. The first-order chi connectivity index (χ1) is 12.8. The fraction of sp³-hybridized carbons (Fsp3) is 0.130. The summed E-state index contributed by atoms with van der Waals surface area (Å²) >= 11 is 0. The maximum Gasteiger partial charge on any atom is 0.168 e. The molecule has 0 unspecified atom stereocenters. The van der Waals surface area contributed by atoms with E-state index in [0.29, 0.717) is 0 Å². The standard InChI is InChI=1S/C23H18O3/c1-24-19-10-6-13-4-7-16-15-9-11-20(25-2)23(26-3)18(15)12-14-5-8-17(19)21(13)22(14)16/h4-12H,1-3H3. The van der Waals surface area contributed by atoms with Crippen LogP contribution in [0.4, 0.5) is 0 Å². The molecule has 0 atom stereocenters. The first-order valence-corrected chi connectivity index (χ1v) is 8.56. The Kier molecular flexibility index (Phi) is 3.13. The monoisotopic (exact) mass is 342 g/mol. The van der Waals surface area contributed by atoms with Gasteiger partial charge in [-0.25, -0.2) is 0 Å². The third kappa shape index (κ3) is 1.83. The van der Waals surface area contributed by atoms with Crippen LogP contribution in [-0.2, 0) is 0 Å². The van der Waals surface area contributed by atoms with Gasteiger partial charge < -0.3 is 14.2 Å². The number of ether oxygens (including phenoxy) is 3. The molecule has 0 N–H and O–H groups in total. The highest BCUT2D eigenvalue weighted by molar-refractivity contribution is 6.30. The molecule has 0 aliphatic carbocycles. The number of fused-ring (bicyclic) bond motifs is 2. The molecule has 0 fully saturated rings. The lowest BCUT2D eigenvalue weighted by atomic mass is 9.90. The number of hydrogen-bond donors (Lipinski definition) is 0. The SMILES string of the molecule is COc1ccc2c(cc3ccc4c(OC)ccc5ccc2c3c54)c1OC. The second-order valence-electron chi connectivity index (χ2n) is 6.46. The molecule has 3 nitrogen and oxygen atoms in total. The minimum atomic E-state index is 0.745.